The molecule has 2 aliphatic carbocycles. The maximum Gasteiger partial charge on any atom is 0.416 e. The minimum Gasteiger partial charge on any atom is -0.350 e. The summed E-state index contributed by atoms with van der Waals surface area (Å²) in [5.74, 6) is -2.24. The Kier molecular flexibility index (Phi) is 18.5. The maximum atomic E-state index is 12.9. The summed E-state index contributed by atoms with van der Waals surface area (Å²) < 4.78 is 77.3. The molecule has 366 valence electrons. The Morgan fingerprint density at radius 1 is 0.588 bits per heavy atom. The van der Waals surface area contributed by atoms with Gasteiger partial charge in [-0.3, -0.25) is 28.9 Å². The highest BCUT2D eigenvalue weighted by Crippen LogP contribution is 2.32. The zero-order valence-electron chi connectivity index (χ0n) is 39.1. The monoisotopic (exact) mass is 949 g/mol. The summed E-state index contributed by atoms with van der Waals surface area (Å²) in [6, 6.07) is 20.2. The van der Waals surface area contributed by atoms with Gasteiger partial charge in [0.05, 0.1) is 24.2 Å². The van der Waals surface area contributed by atoms with Crippen LogP contribution in [0.5, 0.6) is 0 Å². The molecule has 0 bridgehead atoms. The molecular weight excluding hydrogens is 889 g/mol. The van der Waals surface area contributed by atoms with Crippen molar-refractivity contribution in [1.29, 1.82) is 0 Å². The van der Waals surface area contributed by atoms with Crippen molar-refractivity contribution in [3.05, 3.63) is 141 Å². The van der Waals surface area contributed by atoms with Gasteiger partial charge in [-0.05, 0) is 125 Å². The summed E-state index contributed by atoms with van der Waals surface area (Å²) in [5, 5.41) is 11.0. The van der Waals surface area contributed by atoms with Crippen LogP contribution in [-0.2, 0) is 28.5 Å². The number of halogens is 6. The van der Waals surface area contributed by atoms with Crippen molar-refractivity contribution in [3.63, 3.8) is 0 Å². The lowest BCUT2D eigenvalue weighted by Gasteiger charge is -2.38. The van der Waals surface area contributed by atoms with Gasteiger partial charge in [-0.2, -0.15) is 26.3 Å². The number of hydrogen-bond acceptors (Lipinski definition) is 6. The SMILES string of the molecule is Cc1ccc(C(=O)N[C@@H]2CCCC[C@@H]2CC(=O)CNC(=O)c2cccc(C(F)(F)F)c2)c(C)c1.Cc1ccc(CN(C)[C@H]2CCCC[C@@H]2NC(=O)CNC(=O)c2cccc(C(F)(F)F)c2)c(C)c1. The molecule has 2 fully saturated rings. The number of rotatable bonds is 14. The van der Waals surface area contributed by atoms with Crippen LogP contribution in [0.15, 0.2) is 84.9 Å². The first-order chi connectivity index (χ1) is 32.1. The summed E-state index contributed by atoms with van der Waals surface area (Å²) in [5.41, 5.74) is 4.16. The molecule has 0 spiro atoms. The maximum absolute atomic E-state index is 12.9. The van der Waals surface area contributed by atoms with Crippen LogP contribution in [0.2, 0.25) is 0 Å². The van der Waals surface area contributed by atoms with E-state index >= 15 is 0 Å². The topological polar surface area (TPSA) is 137 Å². The first-order valence-electron chi connectivity index (χ1n) is 23.0. The van der Waals surface area contributed by atoms with E-state index in [1.54, 1.807) is 6.07 Å². The fourth-order valence-corrected chi connectivity index (χ4v) is 9.01. The number of benzene rings is 4. The van der Waals surface area contributed by atoms with Crippen LogP contribution in [0.4, 0.5) is 26.3 Å². The van der Waals surface area contributed by atoms with Crippen molar-refractivity contribution < 1.29 is 50.3 Å². The summed E-state index contributed by atoms with van der Waals surface area (Å²) in [4.78, 5) is 64.7. The Hall–Kier alpha value is -6.03. The van der Waals surface area contributed by atoms with E-state index in [2.05, 4.69) is 65.3 Å². The number of alkyl halides is 6. The fourth-order valence-electron chi connectivity index (χ4n) is 9.01. The van der Waals surface area contributed by atoms with Crippen molar-refractivity contribution in [1.82, 2.24) is 26.2 Å². The Morgan fingerprint density at radius 2 is 1.12 bits per heavy atom. The van der Waals surface area contributed by atoms with Crippen molar-refractivity contribution in [3.8, 4) is 0 Å². The van der Waals surface area contributed by atoms with Gasteiger partial charge in [-0.15, -0.1) is 0 Å². The average molecular weight is 950 g/mol. The lowest BCUT2D eigenvalue weighted by Crippen LogP contribution is -2.53. The highest BCUT2D eigenvalue weighted by Gasteiger charge is 2.34. The predicted molar refractivity (Wildman–Crippen MR) is 248 cm³/mol. The van der Waals surface area contributed by atoms with Crippen LogP contribution in [-0.4, -0.2) is 72.6 Å². The third-order valence-corrected chi connectivity index (χ3v) is 12.7. The molecule has 2 saturated carbocycles. The number of carbonyl (C=O) groups excluding carboxylic acids is 5. The number of Topliss-reactive ketones (excluding diaryl/α,β-unsaturated/α-hetero) is 1. The molecule has 4 amide bonds. The van der Waals surface area contributed by atoms with Crippen molar-refractivity contribution in [2.24, 2.45) is 5.92 Å². The van der Waals surface area contributed by atoms with E-state index < -0.39 is 35.3 Å². The zero-order chi connectivity index (χ0) is 49.8. The molecule has 0 radical (unpaired) electrons. The van der Waals surface area contributed by atoms with Crippen molar-refractivity contribution >= 4 is 29.4 Å². The molecule has 68 heavy (non-hydrogen) atoms. The number of amides is 4. The molecule has 0 aromatic heterocycles. The van der Waals surface area contributed by atoms with Gasteiger partial charge in [-0.1, -0.05) is 79.3 Å². The lowest BCUT2D eigenvalue weighted by molar-refractivity contribution is -0.138. The molecular formula is C52H61F6N5O5. The third-order valence-electron chi connectivity index (χ3n) is 12.7. The zero-order valence-corrected chi connectivity index (χ0v) is 39.1. The number of ketones is 1. The molecule has 4 aromatic rings. The standard InChI is InChI=1S/C26H32F3N3O2.C26H29F3N2O3/c1-17-11-12-20(18(2)13-17)16-32(3)23-10-5-4-9-22(23)31-24(33)15-30-25(34)19-7-6-8-21(14-19)26(27,28)29;1-16-10-11-22(17(2)12-16)25(34)31-23-9-4-3-6-18(23)14-21(32)15-30-24(33)19-7-5-8-20(13-19)26(27,28)29/h6-8,11-14,22-23H,4-5,9-10,15-16H2,1-3H3,(H,30,34)(H,31,33);5,7-8,10-13,18,23H,3-4,6,9,14-15H2,1-2H3,(H,30,33)(H,31,34)/t22-,23-;18-,23-/m01/s1. The molecule has 4 N–H and O–H groups in total. The number of hydrogen-bond donors (Lipinski definition) is 4. The van der Waals surface area contributed by atoms with Gasteiger partial charge in [0.15, 0.2) is 5.78 Å². The molecule has 0 heterocycles. The van der Waals surface area contributed by atoms with Crippen LogP contribution in [0, 0.1) is 33.6 Å². The number of likely N-dealkylation sites (N-methyl/N-ethyl adjacent to an activating group) is 1. The summed E-state index contributed by atoms with van der Waals surface area (Å²) in [6.07, 6.45) is -1.55. The average Bonchev–Trinajstić information content (AvgIpc) is 3.28. The van der Waals surface area contributed by atoms with Crippen molar-refractivity contribution in [2.75, 3.05) is 20.1 Å². The van der Waals surface area contributed by atoms with Gasteiger partial charge in [0.1, 0.15) is 0 Å². The Bertz CT molecular complexity index is 2420. The van der Waals surface area contributed by atoms with Crippen LogP contribution in [0.25, 0.3) is 0 Å². The van der Waals surface area contributed by atoms with Crippen molar-refractivity contribution in [2.45, 2.75) is 123 Å². The number of nitrogens with zero attached hydrogens (tertiary/aromatic N) is 1. The summed E-state index contributed by atoms with van der Waals surface area (Å²) in [6.45, 7) is 8.22. The second-order valence-corrected chi connectivity index (χ2v) is 18.1. The smallest absolute Gasteiger partial charge is 0.350 e. The van der Waals surface area contributed by atoms with Gasteiger partial charge in [0, 0.05) is 47.8 Å². The number of aryl methyl sites for hydroxylation is 4. The Morgan fingerprint density at radius 3 is 1.69 bits per heavy atom. The van der Waals surface area contributed by atoms with Gasteiger partial charge in [0.25, 0.3) is 17.7 Å². The lowest BCUT2D eigenvalue weighted by atomic mass is 9.81. The van der Waals surface area contributed by atoms with E-state index in [9.17, 15) is 50.3 Å². The third kappa shape index (κ3) is 15.5. The minimum atomic E-state index is -4.55. The molecule has 0 unspecified atom stereocenters. The van der Waals surface area contributed by atoms with E-state index in [1.807, 2.05) is 26.0 Å². The van der Waals surface area contributed by atoms with Crippen LogP contribution in [0.1, 0.15) is 128 Å². The minimum absolute atomic E-state index is 0.0533. The van der Waals surface area contributed by atoms with E-state index in [0.29, 0.717) is 5.56 Å². The van der Waals surface area contributed by atoms with Crippen LogP contribution in [0.3, 0.4) is 0 Å². The van der Waals surface area contributed by atoms with Crippen LogP contribution >= 0.6 is 0 Å². The van der Waals surface area contributed by atoms with Gasteiger partial charge in [0.2, 0.25) is 5.91 Å². The first kappa shape index (κ1) is 52.9. The fraction of sp³-hybridized carbons (Fsp3) is 0.442. The Labute approximate surface area is 394 Å². The molecule has 4 atom stereocenters. The summed E-state index contributed by atoms with van der Waals surface area (Å²) >= 11 is 0. The Balaban J connectivity index is 0.000000254. The highest BCUT2D eigenvalue weighted by atomic mass is 19.4. The second-order valence-electron chi connectivity index (χ2n) is 18.1. The number of carbonyl (C=O) groups is 5. The largest absolute Gasteiger partial charge is 0.416 e. The van der Waals surface area contributed by atoms with E-state index in [0.717, 1.165) is 99.4 Å². The van der Waals surface area contributed by atoms with Crippen LogP contribution < -0.4 is 21.3 Å². The molecule has 10 nitrogen and oxygen atoms in total. The predicted octanol–water partition coefficient (Wildman–Crippen LogP) is 9.61. The molecule has 4 aromatic carbocycles. The van der Waals surface area contributed by atoms with Gasteiger partial charge in [-0.25, -0.2) is 0 Å². The van der Waals surface area contributed by atoms with Gasteiger partial charge >= 0.3 is 12.4 Å². The van der Waals surface area contributed by atoms with Gasteiger partial charge < -0.3 is 21.3 Å². The highest BCUT2D eigenvalue weighted by molar-refractivity contribution is 5.98. The first-order valence-corrected chi connectivity index (χ1v) is 23.0. The molecule has 2 aliphatic rings. The van der Waals surface area contributed by atoms with E-state index in [4.69, 9.17) is 0 Å². The molecule has 6 rings (SSSR count). The second kappa shape index (κ2) is 23.8. The normalized spacial score (nSPS) is 18.4. The summed E-state index contributed by atoms with van der Waals surface area (Å²) in [7, 11) is 2.06. The quantitative estimate of drug-likeness (QED) is 0.0931. The van der Waals surface area contributed by atoms with E-state index in [1.165, 1.54) is 34.9 Å². The van der Waals surface area contributed by atoms with E-state index in [-0.39, 0.29) is 72.3 Å². The molecule has 0 aliphatic heterocycles. The molecule has 16 heteroatoms. The number of nitrogens with one attached hydrogen (secondary N) is 4. The molecule has 0 saturated heterocycles.